The molecular weight excluding hydrogens is 164 g/mol. The fourth-order valence-corrected chi connectivity index (χ4v) is 2.44. The van der Waals surface area contributed by atoms with Gasteiger partial charge in [-0.3, -0.25) is 0 Å². The number of hydrogen-bond donors (Lipinski definition) is 2. The zero-order valence-electron chi connectivity index (χ0n) is 8.75. The molecule has 1 saturated carbocycles. The summed E-state index contributed by atoms with van der Waals surface area (Å²) in [5.74, 6) is 0.132. The van der Waals surface area contributed by atoms with Gasteiger partial charge in [-0.2, -0.15) is 0 Å². The van der Waals surface area contributed by atoms with E-state index in [-0.39, 0.29) is 11.8 Å². The molecule has 0 aliphatic heterocycles. The van der Waals surface area contributed by atoms with Gasteiger partial charge in [0.2, 0.25) is 0 Å². The first-order valence-corrected chi connectivity index (χ1v) is 4.86. The Labute approximate surface area is 80.3 Å². The van der Waals surface area contributed by atoms with Crippen molar-refractivity contribution >= 4 is 0 Å². The molecule has 0 amide bonds. The van der Waals surface area contributed by atoms with Crippen LogP contribution in [0.5, 0.6) is 0 Å². The van der Waals surface area contributed by atoms with Crippen molar-refractivity contribution < 1.29 is 10.2 Å². The molecule has 1 fully saturated rings. The molecule has 2 nitrogen and oxygen atoms in total. The third kappa shape index (κ3) is 1.94. The van der Waals surface area contributed by atoms with E-state index in [1.807, 2.05) is 6.92 Å². The molecular formula is C11H20O2. The van der Waals surface area contributed by atoms with Crippen molar-refractivity contribution in [3.8, 4) is 0 Å². The molecule has 0 aromatic carbocycles. The third-order valence-corrected chi connectivity index (χ3v) is 3.27. The molecule has 3 atom stereocenters. The molecule has 0 radical (unpaired) electrons. The average molecular weight is 184 g/mol. The molecule has 0 heterocycles. The van der Waals surface area contributed by atoms with Gasteiger partial charge >= 0.3 is 0 Å². The molecule has 0 aromatic rings. The summed E-state index contributed by atoms with van der Waals surface area (Å²) in [6.45, 7) is 9.16. The maximum atomic E-state index is 10.0. The Bertz CT molecular complexity index is 201. The predicted octanol–water partition coefficient (Wildman–Crippen LogP) is 1.72. The Morgan fingerprint density at radius 3 is 2.38 bits per heavy atom. The van der Waals surface area contributed by atoms with Crippen LogP contribution in [0.4, 0.5) is 0 Å². The molecule has 13 heavy (non-hydrogen) atoms. The maximum absolute atomic E-state index is 10.0. The van der Waals surface area contributed by atoms with Crippen molar-refractivity contribution in [1.29, 1.82) is 0 Å². The normalized spacial score (nSPS) is 40.7. The molecule has 76 valence electrons. The van der Waals surface area contributed by atoms with Gasteiger partial charge in [0.25, 0.3) is 0 Å². The van der Waals surface area contributed by atoms with E-state index in [0.29, 0.717) is 0 Å². The highest BCUT2D eigenvalue weighted by Gasteiger charge is 2.47. The Hall–Kier alpha value is -0.340. The topological polar surface area (TPSA) is 40.5 Å². The fraction of sp³-hybridized carbons (Fsp3) is 0.818. The van der Waals surface area contributed by atoms with E-state index in [1.54, 1.807) is 19.9 Å². The summed E-state index contributed by atoms with van der Waals surface area (Å²) in [5.41, 5.74) is -1.41. The second-order valence-electron chi connectivity index (χ2n) is 4.92. The van der Waals surface area contributed by atoms with E-state index < -0.39 is 11.2 Å². The zero-order chi connectivity index (χ0) is 10.3. The number of rotatable bonds is 2. The second-order valence-corrected chi connectivity index (χ2v) is 4.92. The van der Waals surface area contributed by atoms with Gasteiger partial charge in [-0.25, -0.2) is 0 Å². The Balaban J connectivity index is 2.87. The molecule has 2 heteroatoms. The van der Waals surface area contributed by atoms with Crippen LogP contribution in [-0.4, -0.2) is 21.4 Å². The van der Waals surface area contributed by atoms with Crippen LogP contribution in [0, 0.1) is 11.8 Å². The first-order chi connectivity index (χ1) is 5.79. The summed E-state index contributed by atoms with van der Waals surface area (Å²) in [5, 5.41) is 19.9. The minimum atomic E-state index is -0.723. The van der Waals surface area contributed by atoms with Crippen molar-refractivity contribution in [1.82, 2.24) is 0 Å². The Morgan fingerprint density at radius 2 is 2.08 bits per heavy atom. The average Bonchev–Trinajstić information content (AvgIpc) is 2.23. The van der Waals surface area contributed by atoms with E-state index in [4.69, 9.17) is 0 Å². The maximum Gasteiger partial charge on any atom is 0.0685 e. The summed E-state index contributed by atoms with van der Waals surface area (Å²) >= 11 is 0. The van der Waals surface area contributed by atoms with Crippen LogP contribution in [0.3, 0.4) is 0 Å². The molecule has 0 spiro atoms. The first-order valence-electron chi connectivity index (χ1n) is 4.86. The minimum absolute atomic E-state index is 0.00694. The van der Waals surface area contributed by atoms with E-state index in [9.17, 15) is 10.2 Å². The van der Waals surface area contributed by atoms with Gasteiger partial charge in [-0.05, 0) is 39.5 Å². The minimum Gasteiger partial charge on any atom is -0.390 e. The van der Waals surface area contributed by atoms with E-state index in [1.165, 1.54) is 0 Å². The largest absolute Gasteiger partial charge is 0.390 e. The van der Waals surface area contributed by atoms with Gasteiger partial charge in [0, 0.05) is 5.92 Å². The predicted molar refractivity (Wildman–Crippen MR) is 53.3 cm³/mol. The molecule has 0 aromatic heterocycles. The third-order valence-electron chi connectivity index (χ3n) is 3.27. The van der Waals surface area contributed by atoms with Gasteiger partial charge in [-0.1, -0.05) is 6.08 Å². The Kier molecular flexibility index (Phi) is 2.56. The molecule has 0 saturated heterocycles. The van der Waals surface area contributed by atoms with Crippen molar-refractivity contribution in [3.05, 3.63) is 12.7 Å². The number of hydrogen-bond acceptors (Lipinski definition) is 2. The van der Waals surface area contributed by atoms with Gasteiger partial charge in [0.15, 0.2) is 0 Å². The zero-order valence-corrected chi connectivity index (χ0v) is 8.75. The molecule has 1 aliphatic carbocycles. The summed E-state index contributed by atoms with van der Waals surface area (Å²) in [6, 6.07) is 0. The smallest absolute Gasteiger partial charge is 0.0685 e. The quantitative estimate of drug-likeness (QED) is 0.641. The summed E-state index contributed by atoms with van der Waals surface area (Å²) in [4.78, 5) is 0. The monoisotopic (exact) mass is 184 g/mol. The van der Waals surface area contributed by atoms with Gasteiger partial charge < -0.3 is 10.2 Å². The number of aliphatic hydroxyl groups is 2. The van der Waals surface area contributed by atoms with Gasteiger partial charge in [-0.15, -0.1) is 6.58 Å². The first kappa shape index (κ1) is 10.7. The van der Waals surface area contributed by atoms with Crippen molar-refractivity contribution in [2.24, 2.45) is 11.8 Å². The standard InChI is InChI=1S/C11H20O2/c1-5-8-9(10(2,3)12)6-7-11(8,4)13/h5,8-9,12-13H,1,6-7H2,2-4H3/t8-,9+,11+/m0/s1. The van der Waals surface area contributed by atoms with E-state index in [0.717, 1.165) is 12.8 Å². The lowest BCUT2D eigenvalue weighted by Crippen LogP contribution is -2.39. The van der Waals surface area contributed by atoms with Gasteiger partial charge in [0.1, 0.15) is 0 Å². The van der Waals surface area contributed by atoms with Crippen LogP contribution in [0.15, 0.2) is 12.7 Å². The molecule has 2 N–H and O–H groups in total. The van der Waals surface area contributed by atoms with Crippen LogP contribution < -0.4 is 0 Å². The Morgan fingerprint density at radius 1 is 1.54 bits per heavy atom. The summed E-state index contributed by atoms with van der Waals surface area (Å²) < 4.78 is 0. The highest BCUT2D eigenvalue weighted by atomic mass is 16.3. The lowest BCUT2D eigenvalue weighted by molar-refractivity contribution is -0.0293. The van der Waals surface area contributed by atoms with Crippen LogP contribution in [0.2, 0.25) is 0 Å². The lowest BCUT2D eigenvalue weighted by Gasteiger charge is -2.33. The van der Waals surface area contributed by atoms with Crippen LogP contribution >= 0.6 is 0 Å². The van der Waals surface area contributed by atoms with Crippen LogP contribution in [0.25, 0.3) is 0 Å². The summed E-state index contributed by atoms with van der Waals surface area (Å²) in [6.07, 6.45) is 3.39. The SMILES string of the molecule is C=C[C@H]1[C@H](C(C)(C)O)CC[C@@]1(C)O. The molecule has 0 unspecified atom stereocenters. The fourth-order valence-electron chi connectivity index (χ4n) is 2.44. The molecule has 1 aliphatic rings. The van der Waals surface area contributed by atoms with Crippen molar-refractivity contribution in [2.75, 3.05) is 0 Å². The van der Waals surface area contributed by atoms with E-state index >= 15 is 0 Å². The summed E-state index contributed by atoms with van der Waals surface area (Å²) in [7, 11) is 0. The van der Waals surface area contributed by atoms with Crippen molar-refractivity contribution in [3.63, 3.8) is 0 Å². The van der Waals surface area contributed by atoms with E-state index in [2.05, 4.69) is 6.58 Å². The highest BCUT2D eigenvalue weighted by Crippen LogP contribution is 2.45. The molecule has 1 rings (SSSR count). The lowest BCUT2D eigenvalue weighted by atomic mass is 9.79. The highest BCUT2D eigenvalue weighted by molar-refractivity contribution is 5.06. The van der Waals surface area contributed by atoms with Crippen LogP contribution in [-0.2, 0) is 0 Å². The van der Waals surface area contributed by atoms with Crippen LogP contribution in [0.1, 0.15) is 33.6 Å². The molecule has 0 bridgehead atoms. The second kappa shape index (κ2) is 3.10. The van der Waals surface area contributed by atoms with Gasteiger partial charge in [0.05, 0.1) is 11.2 Å². The van der Waals surface area contributed by atoms with Crippen molar-refractivity contribution in [2.45, 2.75) is 44.8 Å².